The second-order valence-electron chi connectivity index (χ2n) is 7.39. The maximum absolute atomic E-state index is 12.8. The molecule has 0 radical (unpaired) electrons. The molecule has 0 bridgehead atoms. The number of thiazole rings is 1. The van der Waals surface area contributed by atoms with Gasteiger partial charge in [0.25, 0.3) is 5.91 Å². The molecule has 3 amide bonds. The van der Waals surface area contributed by atoms with Crippen molar-refractivity contribution in [2.45, 2.75) is 25.4 Å². The van der Waals surface area contributed by atoms with Crippen molar-refractivity contribution in [3.8, 4) is 11.3 Å². The van der Waals surface area contributed by atoms with Crippen molar-refractivity contribution < 1.29 is 19.1 Å². The summed E-state index contributed by atoms with van der Waals surface area (Å²) < 4.78 is 5.40. The fourth-order valence-corrected chi connectivity index (χ4v) is 4.92. The Bertz CT molecular complexity index is 998. The van der Waals surface area contributed by atoms with Gasteiger partial charge in [0.15, 0.2) is 5.13 Å². The molecule has 0 aliphatic carbocycles. The number of ether oxygens (including phenoxy) is 1. The quantitative estimate of drug-likeness (QED) is 0.767. The topological polar surface area (TPSA) is 91.8 Å². The van der Waals surface area contributed by atoms with Crippen LogP contribution in [0.15, 0.2) is 23.6 Å². The number of anilines is 1. The van der Waals surface area contributed by atoms with E-state index in [1.807, 2.05) is 23.6 Å². The van der Waals surface area contributed by atoms with Crippen molar-refractivity contribution in [2.24, 2.45) is 0 Å². The first-order valence-corrected chi connectivity index (χ1v) is 10.5. The van der Waals surface area contributed by atoms with Crippen molar-refractivity contribution >= 4 is 34.2 Å². The van der Waals surface area contributed by atoms with Crippen LogP contribution in [-0.4, -0.2) is 60.0 Å². The number of nitrogens with one attached hydrogen (secondary N) is 1. The van der Waals surface area contributed by atoms with E-state index in [4.69, 9.17) is 9.72 Å². The highest BCUT2D eigenvalue weighted by molar-refractivity contribution is 7.14. The number of amides is 3. The fraction of sp³-hybridized carbons (Fsp3) is 0.400. The number of nitrogens with zero attached hydrogens (tertiary/aromatic N) is 3. The van der Waals surface area contributed by atoms with E-state index in [0.29, 0.717) is 31.7 Å². The van der Waals surface area contributed by atoms with Crippen molar-refractivity contribution in [1.29, 1.82) is 0 Å². The molecule has 1 N–H and O–H groups in total. The van der Waals surface area contributed by atoms with Crippen LogP contribution in [0.3, 0.4) is 0 Å². The molecule has 1 atom stereocenters. The summed E-state index contributed by atoms with van der Waals surface area (Å²) in [6.07, 6.45) is 0.622. The smallest absolute Gasteiger partial charge is 0.255 e. The van der Waals surface area contributed by atoms with Gasteiger partial charge in [-0.25, -0.2) is 4.98 Å². The van der Waals surface area contributed by atoms with Gasteiger partial charge in [-0.2, -0.15) is 0 Å². The van der Waals surface area contributed by atoms with E-state index in [0.717, 1.165) is 35.0 Å². The number of piperidine rings is 1. The van der Waals surface area contributed by atoms with Gasteiger partial charge < -0.3 is 14.5 Å². The zero-order valence-electron chi connectivity index (χ0n) is 15.7. The summed E-state index contributed by atoms with van der Waals surface area (Å²) in [5, 5.41) is 5.34. The minimum Gasteiger partial charge on any atom is -0.378 e. The van der Waals surface area contributed by atoms with Crippen LogP contribution in [0.5, 0.6) is 0 Å². The van der Waals surface area contributed by atoms with Gasteiger partial charge in [0.2, 0.25) is 11.8 Å². The molecule has 3 aliphatic rings. The molecular formula is C20H20N4O4S. The molecule has 29 heavy (non-hydrogen) atoms. The summed E-state index contributed by atoms with van der Waals surface area (Å²) >= 11 is 1.61. The Morgan fingerprint density at radius 2 is 2.00 bits per heavy atom. The van der Waals surface area contributed by atoms with Crippen molar-refractivity contribution in [1.82, 2.24) is 15.2 Å². The van der Waals surface area contributed by atoms with Gasteiger partial charge in [-0.15, -0.1) is 11.3 Å². The molecule has 4 heterocycles. The van der Waals surface area contributed by atoms with Gasteiger partial charge in [-0.1, -0.05) is 6.07 Å². The number of benzene rings is 1. The highest BCUT2D eigenvalue weighted by Crippen LogP contribution is 2.33. The SMILES string of the molecule is O=C1CCC(N2Cc3cc(-c4csc(N5CCOCC5)n4)ccc3C2=O)C(=O)N1. The molecule has 9 heteroatoms. The summed E-state index contributed by atoms with van der Waals surface area (Å²) in [5.74, 6) is -0.831. The minimum absolute atomic E-state index is 0.159. The van der Waals surface area contributed by atoms with Gasteiger partial charge in [0.05, 0.1) is 18.9 Å². The molecule has 1 aromatic carbocycles. The Kier molecular flexibility index (Phi) is 4.56. The Morgan fingerprint density at radius 3 is 2.79 bits per heavy atom. The van der Waals surface area contributed by atoms with Crippen LogP contribution in [0.1, 0.15) is 28.8 Å². The number of rotatable bonds is 3. The minimum atomic E-state index is -0.594. The van der Waals surface area contributed by atoms with Crippen LogP contribution >= 0.6 is 11.3 Å². The second-order valence-corrected chi connectivity index (χ2v) is 8.22. The zero-order chi connectivity index (χ0) is 20.0. The van der Waals surface area contributed by atoms with Gasteiger partial charge in [0.1, 0.15) is 6.04 Å². The van der Waals surface area contributed by atoms with Crippen LogP contribution in [0.4, 0.5) is 5.13 Å². The van der Waals surface area contributed by atoms with Crippen LogP contribution in [0.2, 0.25) is 0 Å². The Hall–Kier alpha value is -2.78. The Labute approximate surface area is 171 Å². The summed E-state index contributed by atoms with van der Waals surface area (Å²) in [4.78, 5) is 44.9. The first kappa shape index (κ1) is 18.3. The van der Waals surface area contributed by atoms with Gasteiger partial charge >= 0.3 is 0 Å². The molecule has 150 valence electrons. The maximum Gasteiger partial charge on any atom is 0.255 e. The highest BCUT2D eigenvalue weighted by Gasteiger charge is 2.39. The van der Waals surface area contributed by atoms with E-state index < -0.39 is 11.9 Å². The molecule has 3 aliphatic heterocycles. The summed E-state index contributed by atoms with van der Waals surface area (Å²) in [6.45, 7) is 3.48. The third kappa shape index (κ3) is 3.30. The van der Waals surface area contributed by atoms with Crippen molar-refractivity contribution in [2.75, 3.05) is 31.2 Å². The lowest BCUT2D eigenvalue weighted by molar-refractivity contribution is -0.136. The summed E-state index contributed by atoms with van der Waals surface area (Å²) in [6, 6.07) is 5.11. The standard InChI is InChI=1S/C20H20N4O4S/c25-17-4-3-16(18(26)22-17)24-10-13-9-12(1-2-14(13)19(24)27)15-11-29-20(21-15)23-5-7-28-8-6-23/h1-2,9,11,16H,3-8,10H2,(H,22,25,26). The average Bonchev–Trinajstić information content (AvgIpc) is 3.34. The Morgan fingerprint density at radius 1 is 1.17 bits per heavy atom. The predicted molar refractivity (Wildman–Crippen MR) is 107 cm³/mol. The maximum atomic E-state index is 12.8. The molecule has 0 saturated carbocycles. The molecule has 1 unspecified atom stereocenters. The molecule has 1 aromatic heterocycles. The molecule has 2 fully saturated rings. The zero-order valence-corrected chi connectivity index (χ0v) is 16.5. The summed E-state index contributed by atoms with van der Waals surface area (Å²) in [7, 11) is 0. The second kappa shape index (κ2) is 7.23. The number of imide groups is 1. The van der Waals surface area contributed by atoms with E-state index in [1.54, 1.807) is 16.2 Å². The predicted octanol–water partition coefficient (Wildman–Crippen LogP) is 1.41. The highest BCUT2D eigenvalue weighted by atomic mass is 32.1. The lowest BCUT2D eigenvalue weighted by atomic mass is 10.0. The van der Waals surface area contributed by atoms with Crippen LogP contribution in [0.25, 0.3) is 11.3 Å². The summed E-state index contributed by atoms with van der Waals surface area (Å²) in [5.41, 5.74) is 3.34. The molecular weight excluding hydrogens is 392 g/mol. The number of morpholine rings is 1. The van der Waals surface area contributed by atoms with E-state index in [1.165, 1.54) is 0 Å². The number of carbonyl (C=O) groups is 3. The average molecular weight is 412 g/mol. The van der Waals surface area contributed by atoms with Crippen LogP contribution in [-0.2, 0) is 20.9 Å². The first-order chi connectivity index (χ1) is 14.1. The third-order valence-electron chi connectivity index (χ3n) is 5.59. The van der Waals surface area contributed by atoms with Gasteiger partial charge in [0, 0.05) is 42.6 Å². The normalized spacial score (nSPS) is 22.1. The van der Waals surface area contributed by atoms with E-state index in [-0.39, 0.29) is 18.2 Å². The third-order valence-corrected chi connectivity index (χ3v) is 6.49. The first-order valence-electron chi connectivity index (χ1n) is 9.66. The van der Waals surface area contributed by atoms with Gasteiger partial charge in [-0.3, -0.25) is 19.7 Å². The molecule has 5 rings (SSSR count). The van der Waals surface area contributed by atoms with E-state index in [2.05, 4.69) is 10.2 Å². The monoisotopic (exact) mass is 412 g/mol. The van der Waals surface area contributed by atoms with Crippen LogP contribution in [0, 0.1) is 0 Å². The molecule has 2 aromatic rings. The fourth-order valence-electron chi connectivity index (χ4n) is 4.03. The van der Waals surface area contributed by atoms with E-state index >= 15 is 0 Å². The Balaban J connectivity index is 1.37. The molecule has 8 nitrogen and oxygen atoms in total. The van der Waals surface area contributed by atoms with Crippen molar-refractivity contribution in [3.63, 3.8) is 0 Å². The molecule has 0 spiro atoms. The number of hydrogen-bond donors (Lipinski definition) is 1. The number of carbonyl (C=O) groups excluding carboxylic acids is 3. The van der Waals surface area contributed by atoms with E-state index in [9.17, 15) is 14.4 Å². The van der Waals surface area contributed by atoms with Crippen LogP contribution < -0.4 is 10.2 Å². The molecule has 2 saturated heterocycles. The number of hydrogen-bond acceptors (Lipinski definition) is 7. The lowest BCUT2D eigenvalue weighted by Crippen LogP contribution is -2.52. The van der Waals surface area contributed by atoms with Crippen molar-refractivity contribution in [3.05, 3.63) is 34.7 Å². The number of aromatic nitrogens is 1. The lowest BCUT2D eigenvalue weighted by Gasteiger charge is -2.29. The van der Waals surface area contributed by atoms with Gasteiger partial charge in [-0.05, 0) is 24.1 Å². The largest absolute Gasteiger partial charge is 0.378 e. The number of fused-ring (bicyclic) bond motifs is 1.